The summed E-state index contributed by atoms with van der Waals surface area (Å²) < 4.78 is 7.80. The second-order valence-corrected chi connectivity index (χ2v) is 7.43. The standard InChI is InChI=1S/C22H30N6O/c1-14-7-9-18(10-8-14)20-12-24-21(29-20)13-25-22(23-5)26-15(2)11-19-16(3)27-28(6)17(19)4/h7-10,12,15H,11,13H2,1-6H3,(H2,23,25,26). The normalized spacial score (nSPS) is 12.8. The zero-order chi connectivity index (χ0) is 21.0. The van der Waals surface area contributed by atoms with E-state index in [2.05, 4.69) is 65.5 Å². The number of nitrogens with one attached hydrogen (secondary N) is 2. The van der Waals surface area contributed by atoms with Crippen molar-refractivity contribution >= 4 is 5.96 Å². The summed E-state index contributed by atoms with van der Waals surface area (Å²) in [5.74, 6) is 2.10. The minimum Gasteiger partial charge on any atom is -0.439 e. The van der Waals surface area contributed by atoms with Gasteiger partial charge in [-0.2, -0.15) is 5.10 Å². The summed E-state index contributed by atoms with van der Waals surface area (Å²) in [5, 5.41) is 11.2. The van der Waals surface area contributed by atoms with Crippen molar-refractivity contribution in [3.8, 4) is 11.3 Å². The Labute approximate surface area is 172 Å². The Morgan fingerprint density at radius 3 is 2.55 bits per heavy atom. The Hall–Kier alpha value is -3.09. The van der Waals surface area contributed by atoms with E-state index in [1.165, 1.54) is 16.8 Å². The van der Waals surface area contributed by atoms with Crippen molar-refractivity contribution in [3.05, 3.63) is 58.9 Å². The lowest BCUT2D eigenvalue weighted by Gasteiger charge is -2.17. The summed E-state index contributed by atoms with van der Waals surface area (Å²) in [7, 11) is 3.74. The van der Waals surface area contributed by atoms with Gasteiger partial charge in [0.15, 0.2) is 11.7 Å². The highest BCUT2D eigenvalue weighted by molar-refractivity contribution is 5.79. The Morgan fingerprint density at radius 2 is 1.93 bits per heavy atom. The topological polar surface area (TPSA) is 80.3 Å². The second kappa shape index (κ2) is 8.94. The molecule has 0 aliphatic carbocycles. The molecule has 0 amide bonds. The average molecular weight is 395 g/mol. The molecule has 1 atom stereocenters. The lowest BCUT2D eigenvalue weighted by molar-refractivity contribution is 0.496. The van der Waals surface area contributed by atoms with Crippen LogP contribution in [0.1, 0.15) is 35.3 Å². The van der Waals surface area contributed by atoms with Gasteiger partial charge in [0.1, 0.15) is 0 Å². The highest BCUT2D eigenvalue weighted by atomic mass is 16.4. The van der Waals surface area contributed by atoms with Gasteiger partial charge in [-0.1, -0.05) is 29.8 Å². The smallest absolute Gasteiger partial charge is 0.214 e. The molecule has 1 aromatic carbocycles. The number of aromatic nitrogens is 3. The highest BCUT2D eigenvalue weighted by Crippen LogP contribution is 2.20. The molecule has 3 aromatic rings. The predicted molar refractivity (Wildman–Crippen MR) is 116 cm³/mol. The summed E-state index contributed by atoms with van der Waals surface area (Å²) in [4.78, 5) is 8.68. The zero-order valence-corrected chi connectivity index (χ0v) is 18.1. The summed E-state index contributed by atoms with van der Waals surface area (Å²) >= 11 is 0. The number of hydrogen-bond acceptors (Lipinski definition) is 4. The molecule has 0 fully saturated rings. The van der Waals surface area contributed by atoms with Crippen molar-refractivity contribution in [1.82, 2.24) is 25.4 Å². The third-order valence-electron chi connectivity index (χ3n) is 5.07. The number of hydrogen-bond donors (Lipinski definition) is 2. The van der Waals surface area contributed by atoms with E-state index in [4.69, 9.17) is 4.42 Å². The van der Waals surface area contributed by atoms with E-state index in [1.54, 1.807) is 13.2 Å². The van der Waals surface area contributed by atoms with Gasteiger partial charge in [-0.15, -0.1) is 0 Å². The molecule has 2 aromatic heterocycles. The Kier molecular flexibility index (Phi) is 6.36. The van der Waals surface area contributed by atoms with Gasteiger partial charge in [-0.3, -0.25) is 9.67 Å². The Morgan fingerprint density at radius 1 is 1.21 bits per heavy atom. The van der Waals surface area contributed by atoms with Crippen LogP contribution in [-0.2, 0) is 20.0 Å². The van der Waals surface area contributed by atoms with Crippen LogP contribution in [0.3, 0.4) is 0 Å². The maximum absolute atomic E-state index is 5.87. The largest absolute Gasteiger partial charge is 0.439 e. The molecular weight excluding hydrogens is 364 g/mol. The Bertz CT molecular complexity index is 983. The highest BCUT2D eigenvalue weighted by Gasteiger charge is 2.14. The first kappa shape index (κ1) is 20.6. The van der Waals surface area contributed by atoms with E-state index in [0.29, 0.717) is 18.4 Å². The first-order valence-corrected chi connectivity index (χ1v) is 9.85. The predicted octanol–water partition coefficient (Wildman–Crippen LogP) is 3.30. The van der Waals surface area contributed by atoms with Crippen molar-refractivity contribution < 1.29 is 4.42 Å². The fourth-order valence-corrected chi connectivity index (χ4v) is 3.30. The van der Waals surface area contributed by atoms with Crippen LogP contribution < -0.4 is 10.6 Å². The number of rotatable bonds is 6. The number of aryl methyl sites for hydroxylation is 3. The van der Waals surface area contributed by atoms with E-state index >= 15 is 0 Å². The van der Waals surface area contributed by atoms with E-state index < -0.39 is 0 Å². The molecule has 0 aliphatic heterocycles. The van der Waals surface area contributed by atoms with Crippen molar-refractivity contribution in [3.63, 3.8) is 0 Å². The molecule has 0 spiro atoms. The fraction of sp³-hybridized carbons (Fsp3) is 0.409. The third-order valence-corrected chi connectivity index (χ3v) is 5.07. The summed E-state index contributed by atoms with van der Waals surface area (Å²) in [6, 6.07) is 8.41. The first-order chi connectivity index (χ1) is 13.9. The van der Waals surface area contributed by atoms with Crippen LogP contribution in [0.2, 0.25) is 0 Å². The molecule has 29 heavy (non-hydrogen) atoms. The van der Waals surface area contributed by atoms with E-state index in [0.717, 1.165) is 23.4 Å². The van der Waals surface area contributed by atoms with E-state index in [9.17, 15) is 0 Å². The minimum atomic E-state index is 0.204. The summed E-state index contributed by atoms with van der Waals surface area (Å²) in [5.41, 5.74) is 5.79. The molecule has 0 aliphatic rings. The number of guanidine groups is 1. The van der Waals surface area contributed by atoms with Crippen LogP contribution in [0, 0.1) is 20.8 Å². The van der Waals surface area contributed by atoms with Gasteiger partial charge >= 0.3 is 0 Å². The number of benzene rings is 1. The van der Waals surface area contributed by atoms with Crippen LogP contribution in [0.5, 0.6) is 0 Å². The zero-order valence-electron chi connectivity index (χ0n) is 18.1. The van der Waals surface area contributed by atoms with Crippen LogP contribution in [0.4, 0.5) is 0 Å². The molecule has 2 N–H and O–H groups in total. The first-order valence-electron chi connectivity index (χ1n) is 9.85. The Balaban J connectivity index is 1.56. The number of aliphatic imine (C=N–C) groups is 1. The number of nitrogens with zero attached hydrogens (tertiary/aromatic N) is 4. The molecule has 0 saturated heterocycles. The lowest BCUT2D eigenvalue weighted by Crippen LogP contribution is -2.42. The van der Waals surface area contributed by atoms with Crippen molar-refractivity contribution in [2.24, 2.45) is 12.0 Å². The van der Waals surface area contributed by atoms with Crippen LogP contribution in [0.25, 0.3) is 11.3 Å². The van der Waals surface area contributed by atoms with Crippen molar-refractivity contribution in [2.45, 2.75) is 46.7 Å². The third kappa shape index (κ3) is 5.04. The maximum Gasteiger partial charge on any atom is 0.214 e. The molecule has 0 radical (unpaired) electrons. The minimum absolute atomic E-state index is 0.204. The van der Waals surface area contributed by atoms with Gasteiger partial charge in [-0.25, -0.2) is 4.98 Å². The molecular formula is C22H30N6O. The van der Waals surface area contributed by atoms with Gasteiger partial charge in [0, 0.05) is 31.4 Å². The summed E-state index contributed by atoms with van der Waals surface area (Å²) in [6.07, 6.45) is 2.64. The van der Waals surface area contributed by atoms with Crippen molar-refractivity contribution in [1.29, 1.82) is 0 Å². The van der Waals surface area contributed by atoms with Crippen LogP contribution >= 0.6 is 0 Å². The molecule has 7 nitrogen and oxygen atoms in total. The van der Waals surface area contributed by atoms with Gasteiger partial charge in [0.2, 0.25) is 5.89 Å². The maximum atomic E-state index is 5.87. The monoisotopic (exact) mass is 394 g/mol. The fourth-order valence-electron chi connectivity index (χ4n) is 3.30. The van der Waals surface area contributed by atoms with Crippen LogP contribution in [-0.4, -0.2) is 33.8 Å². The van der Waals surface area contributed by atoms with Gasteiger partial charge in [-0.05, 0) is 39.7 Å². The second-order valence-electron chi connectivity index (χ2n) is 7.43. The summed E-state index contributed by atoms with van der Waals surface area (Å²) in [6.45, 7) is 8.82. The molecule has 0 bridgehead atoms. The van der Waals surface area contributed by atoms with E-state index in [1.807, 2.05) is 23.9 Å². The molecule has 7 heteroatoms. The average Bonchev–Trinajstić information content (AvgIpc) is 3.26. The molecule has 0 saturated carbocycles. The van der Waals surface area contributed by atoms with Gasteiger partial charge in [0.25, 0.3) is 0 Å². The van der Waals surface area contributed by atoms with E-state index in [-0.39, 0.29) is 6.04 Å². The van der Waals surface area contributed by atoms with Crippen molar-refractivity contribution in [2.75, 3.05) is 7.05 Å². The molecule has 154 valence electrons. The molecule has 1 unspecified atom stereocenters. The number of oxazole rings is 1. The molecule has 3 rings (SSSR count). The SMILES string of the molecule is CN=C(NCc1ncc(-c2ccc(C)cc2)o1)NC(C)Cc1c(C)nn(C)c1C. The van der Waals surface area contributed by atoms with Gasteiger partial charge < -0.3 is 15.1 Å². The quantitative estimate of drug-likeness (QED) is 0.495. The molecule has 2 heterocycles. The van der Waals surface area contributed by atoms with Gasteiger partial charge in [0.05, 0.1) is 18.4 Å². The van der Waals surface area contributed by atoms with Crippen LogP contribution in [0.15, 0.2) is 39.9 Å². The lowest BCUT2D eigenvalue weighted by atomic mass is 10.1.